The summed E-state index contributed by atoms with van der Waals surface area (Å²) in [6, 6.07) is 1.21. The second kappa shape index (κ2) is 4.01. The predicted octanol–water partition coefficient (Wildman–Crippen LogP) is 1.49. The van der Waals surface area contributed by atoms with Crippen LogP contribution in [0.5, 0.6) is 0 Å². The van der Waals surface area contributed by atoms with Crippen LogP contribution in [-0.4, -0.2) is 39.9 Å². The summed E-state index contributed by atoms with van der Waals surface area (Å²) in [5.74, 6) is 0. The molecule has 0 aromatic carbocycles. The maximum atomic E-state index is 10.9. The molecule has 2 aliphatic heterocycles. The molecular weight excluding hydrogens is 202 g/mol. The number of aromatic nitrogens is 2. The Labute approximate surface area is 95.3 Å². The minimum Gasteiger partial charge on any atom is -0.325 e. The van der Waals surface area contributed by atoms with Crippen molar-refractivity contribution in [1.82, 2.24) is 14.5 Å². The van der Waals surface area contributed by atoms with Gasteiger partial charge in [0.15, 0.2) is 6.29 Å². The molecule has 4 heteroatoms. The van der Waals surface area contributed by atoms with Crippen molar-refractivity contribution < 1.29 is 4.79 Å². The van der Waals surface area contributed by atoms with E-state index < -0.39 is 0 Å². The van der Waals surface area contributed by atoms with Crippen LogP contribution in [0.1, 0.15) is 42.2 Å². The Morgan fingerprint density at radius 3 is 3.12 bits per heavy atom. The Balaban J connectivity index is 1.78. The van der Waals surface area contributed by atoms with Gasteiger partial charge in [-0.15, -0.1) is 0 Å². The van der Waals surface area contributed by atoms with Crippen molar-refractivity contribution in [1.29, 1.82) is 0 Å². The van der Waals surface area contributed by atoms with Crippen molar-refractivity contribution in [2.24, 2.45) is 0 Å². The largest absolute Gasteiger partial charge is 0.325 e. The molecule has 0 saturated carbocycles. The molecule has 3 heterocycles. The van der Waals surface area contributed by atoms with Crippen LogP contribution in [0.25, 0.3) is 0 Å². The molecule has 0 N–H and O–H groups in total. The number of hydrogen-bond donors (Lipinski definition) is 0. The molecule has 2 unspecified atom stereocenters. The van der Waals surface area contributed by atoms with Gasteiger partial charge in [-0.3, -0.25) is 4.79 Å². The van der Waals surface area contributed by atoms with Gasteiger partial charge in [-0.25, -0.2) is 4.98 Å². The molecule has 0 aliphatic carbocycles. The molecular formula is C12H17N3O. The number of hydrogen-bond acceptors (Lipinski definition) is 3. The van der Waals surface area contributed by atoms with Crippen molar-refractivity contribution in [3.63, 3.8) is 0 Å². The van der Waals surface area contributed by atoms with Gasteiger partial charge in [0, 0.05) is 18.6 Å². The Kier molecular flexibility index (Phi) is 2.52. The summed E-state index contributed by atoms with van der Waals surface area (Å²) >= 11 is 0. The lowest BCUT2D eigenvalue weighted by Crippen LogP contribution is -2.38. The fourth-order valence-corrected chi connectivity index (χ4v) is 3.17. The molecule has 16 heavy (non-hydrogen) atoms. The molecule has 3 rings (SSSR count). The van der Waals surface area contributed by atoms with Crippen molar-refractivity contribution in [2.75, 3.05) is 13.1 Å². The first-order valence-electron chi connectivity index (χ1n) is 6.09. The molecule has 2 saturated heterocycles. The third-order valence-electron chi connectivity index (χ3n) is 4.00. The first-order valence-corrected chi connectivity index (χ1v) is 6.09. The number of piperidine rings is 1. The Hall–Kier alpha value is -1.16. The first kappa shape index (κ1) is 10.0. The molecule has 1 aromatic rings. The highest BCUT2D eigenvalue weighted by Crippen LogP contribution is 2.33. The standard InChI is InChI=1S/C12H17N3O/c16-8-12-7-13-9-15(12)11-3-5-14-4-1-2-10(14)6-11/h7-11H,1-6H2. The van der Waals surface area contributed by atoms with Crippen LogP contribution in [0.4, 0.5) is 0 Å². The quantitative estimate of drug-likeness (QED) is 0.707. The van der Waals surface area contributed by atoms with E-state index in [-0.39, 0.29) is 0 Å². The summed E-state index contributed by atoms with van der Waals surface area (Å²) in [5.41, 5.74) is 0.719. The van der Waals surface area contributed by atoms with Gasteiger partial charge < -0.3 is 9.47 Å². The number of aldehydes is 1. The van der Waals surface area contributed by atoms with Gasteiger partial charge in [0.1, 0.15) is 5.69 Å². The molecule has 2 fully saturated rings. The van der Waals surface area contributed by atoms with Crippen molar-refractivity contribution in [2.45, 2.75) is 37.8 Å². The van der Waals surface area contributed by atoms with E-state index in [0.29, 0.717) is 6.04 Å². The molecule has 2 aliphatic rings. The summed E-state index contributed by atoms with van der Waals surface area (Å²) in [6.07, 6.45) is 9.36. The molecule has 86 valence electrons. The maximum absolute atomic E-state index is 10.9. The van der Waals surface area contributed by atoms with Crippen LogP contribution in [0.15, 0.2) is 12.5 Å². The summed E-state index contributed by atoms with van der Waals surface area (Å²) in [5, 5.41) is 0. The molecule has 4 nitrogen and oxygen atoms in total. The number of fused-ring (bicyclic) bond motifs is 1. The highest BCUT2D eigenvalue weighted by Gasteiger charge is 2.32. The number of carbonyl (C=O) groups is 1. The van der Waals surface area contributed by atoms with Gasteiger partial charge in [-0.1, -0.05) is 0 Å². The number of nitrogens with zero attached hydrogens (tertiary/aromatic N) is 3. The molecule has 0 radical (unpaired) electrons. The van der Waals surface area contributed by atoms with Crippen LogP contribution in [0.2, 0.25) is 0 Å². The number of rotatable bonds is 2. The monoisotopic (exact) mass is 219 g/mol. The Morgan fingerprint density at radius 1 is 1.31 bits per heavy atom. The normalized spacial score (nSPS) is 30.2. The van der Waals surface area contributed by atoms with E-state index >= 15 is 0 Å². The van der Waals surface area contributed by atoms with Crippen LogP contribution in [-0.2, 0) is 0 Å². The molecule has 2 atom stereocenters. The SMILES string of the molecule is O=Cc1cncn1C1CCN2CCCC2C1. The average molecular weight is 219 g/mol. The van der Waals surface area contributed by atoms with Crippen LogP contribution >= 0.6 is 0 Å². The minimum atomic E-state index is 0.474. The zero-order valence-corrected chi connectivity index (χ0v) is 9.38. The van der Waals surface area contributed by atoms with Gasteiger partial charge in [0.2, 0.25) is 0 Å². The van der Waals surface area contributed by atoms with E-state index in [4.69, 9.17) is 0 Å². The lowest BCUT2D eigenvalue weighted by molar-refractivity contribution is 0.110. The van der Waals surface area contributed by atoms with Gasteiger partial charge in [0.05, 0.1) is 12.5 Å². The summed E-state index contributed by atoms with van der Waals surface area (Å²) in [4.78, 5) is 17.6. The third-order valence-corrected chi connectivity index (χ3v) is 4.00. The molecule has 1 aromatic heterocycles. The summed E-state index contributed by atoms with van der Waals surface area (Å²) in [6.45, 7) is 2.44. The van der Waals surface area contributed by atoms with Gasteiger partial charge in [-0.05, 0) is 32.2 Å². The van der Waals surface area contributed by atoms with Crippen LogP contribution in [0.3, 0.4) is 0 Å². The number of carbonyl (C=O) groups excluding carboxylic acids is 1. The van der Waals surface area contributed by atoms with E-state index in [2.05, 4.69) is 14.5 Å². The van der Waals surface area contributed by atoms with E-state index in [1.165, 1.54) is 32.4 Å². The van der Waals surface area contributed by atoms with Gasteiger partial charge >= 0.3 is 0 Å². The van der Waals surface area contributed by atoms with Crippen LogP contribution in [0, 0.1) is 0 Å². The van der Waals surface area contributed by atoms with E-state index in [9.17, 15) is 4.79 Å². The fraction of sp³-hybridized carbons (Fsp3) is 0.667. The number of imidazole rings is 1. The fourth-order valence-electron chi connectivity index (χ4n) is 3.17. The first-order chi connectivity index (χ1) is 7.88. The second-order valence-electron chi connectivity index (χ2n) is 4.85. The van der Waals surface area contributed by atoms with Crippen molar-refractivity contribution in [3.05, 3.63) is 18.2 Å². The average Bonchev–Trinajstić information content (AvgIpc) is 2.96. The van der Waals surface area contributed by atoms with Crippen LogP contribution < -0.4 is 0 Å². The maximum Gasteiger partial charge on any atom is 0.168 e. The van der Waals surface area contributed by atoms with Crippen molar-refractivity contribution >= 4 is 6.29 Å². The topological polar surface area (TPSA) is 38.1 Å². The van der Waals surface area contributed by atoms with Crippen molar-refractivity contribution in [3.8, 4) is 0 Å². The van der Waals surface area contributed by atoms with E-state index in [1.807, 2.05) is 0 Å². The predicted molar refractivity (Wildman–Crippen MR) is 60.5 cm³/mol. The summed E-state index contributed by atoms with van der Waals surface area (Å²) < 4.78 is 2.06. The van der Waals surface area contributed by atoms with Gasteiger partial charge in [-0.2, -0.15) is 0 Å². The third kappa shape index (κ3) is 1.57. The van der Waals surface area contributed by atoms with Gasteiger partial charge in [0.25, 0.3) is 0 Å². The molecule has 0 spiro atoms. The van der Waals surface area contributed by atoms with E-state index in [0.717, 1.165) is 24.4 Å². The lowest BCUT2D eigenvalue weighted by atomic mass is 9.97. The lowest BCUT2D eigenvalue weighted by Gasteiger charge is -2.35. The minimum absolute atomic E-state index is 0.474. The molecule has 0 bridgehead atoms. The second-order valence-corrected chi connectivity index (χ2v) is 4.85. The highest BCUT2D eigenvalue weighted by molar-refractivity contribution is 5.71. The summed E-state index contributed by atoms with van der Waals surface area (Å²) in [7, 11) is 0. The zero-order chi connectivity index (χ0) is 11.0. The molecule has 0 amide bonds. The zero-order valence-electron chi connectivity index (χ0n) is 9.38. The smallest absolute Gasteiger partial charge is 0.168 e. The Bertz CT molecular complexity index is 387. The van der Waals surface area contributed by atoms with E-state index in [1.54, 1.807) is 12.5 Å². The Morgan fingerprint density at radius 2 is 2.25 bits per heavy atom. The highest BCUT2D eigenvalue weighted by atomic mass is 16.1.